The molecule has 0 aromatic carbocycles. The van der Waals surface area contributed by atoms with E-state index in [0.29, 0.717) is 6.04 Å². The van der Waals surface area contributed by atoms with Crippen LogP contribution in [-0.2, 0) is 0 Å². The van der Waals surface area contributed by atoms with Crippen molar-refractivity contribution in [1.29, 1.82) is 0 Å². The smallest absolute Gasteiger partial charge is 0.158 e. The Morgan fingerprint density at radius 2 is 2.20 bits per heavy atom. The summed E-state index contributed by atoms with van der Waals surface area (Å²) >= 11 is 0. The molecule has 2 aromatic rings. The molecule has 2 aromatic heterocycles. The molecule has 2 N–H and O–H groups in total. The molecule has 5 nitrogen and oxygen atoms in total. The summed E-state index contributed by atoms with van der Waals surface area (Å²) in [6.45, 7) is 1.97. The fraction of sp³-hybridized carbons (Fsp3) is 0.500. The third-order valence-corrected chi connectivity index (χ3v) is 2.96. The molecular formula is C10H13N5. The number of nitrogens with one attached hydrogen (secondary N) is 2. The molecule has 78 valence electrons. The lowest BCUT2D eigenvalue weighted by atomic mass is 9.93. The average molecular weight is 203 g/mol. The number of hydrogen-bond donors (Lipinski definition) is 2. The van der Waals surface area contributed by atoms with Crippen LogP contribution < -0.4 is 5.32 Å². The van der Waals surface area contributed by atoms with Crippen molar-refractivity contribution in [3.05, 3.63) is 12.0 Å². The van der Waals surface area contributed by atoms with Crippen molar-refractivity contribution < 1.29 is 0 Å². The number of fused-ring (bicyclic) bond motifs is 1. The Bertz CT molecular complexity index is 486. The summed E-state index contributed by atoms with van der Waals surface area (Å²) in [5.74, 6) is 0.856. The first-order valence-corrected chi connectivity index (χ1v) is 5.27. The van der Waals surface area contributed by atoms with Gasteiger partial charge in [-0.2, -0.15) is 5.10 Å². The molecule has 15 heavy (non-hydrogen) atoms. The number of aryl methyl sites for hydroxylation is 1. The number of aromatic nitrogens is 4. The number of hydrogen-bond acceptors (Lipinski definition) is 4. The van der Waals surface area contributed by atoms with E-state index in [2.05, 4.69) is 25.5 Å². The summed E-state index contributed by atoms with van der Waals surface area (Å²) in [5, 5.41) is 10.6. The molecular weight excluding hydrogens is 190 g/mol. The highest BCUT2D eigenvalue weighted by atomic mass is 15.2. The maximum Gasteiger partial charge on any atom is 0.158 e. The van der Waals surface area contributed by atoms with Crippen LogP contribution in [-0.4, -0.2) is 26.2 Å². The molecule has 1 fully saturated rings. The zero-order chi connectivity index (χ0) is 10.3. The summed E-state index contributed by atoms with van der Waals surface area (Å²) < 4.78 is 0. The Labute approximate surface area is 87.3 Å². The monoisotopic (exact) mass is 203 g/mol. The second kappa shape index (κ2) is 3.18. The summed E-state index contributed by atoms with van der Waals surface area (Å²) in [7, 11) is 0. The second-order valence-electron chi connectivity index (χ2n) is 4.04. The van der Waals surface area contributed by atoms with Gasteiger partial charge in [-0.15, -0.1) is 0 Å². The molecule has 2 heterocycles. The lowest BCUT2D eigenvalue weighted by Crippen LogP contribution is -2.27. The van der Waals surface area contributed by atoms with E-state index in [1.807, 2.05) is 6.92 Å². The molecule has 0 bridgehead atoms. The average Bonchev–Trinajstić information content (AvgIpc) is 2.55. The molecule has 1 saturated carbocycles. The molecule has 0 saturated heterocycles. The van der Waals surface area contributed by atoms with Gasteiger partial charge < -0.3 is 5.32 Å². The zero-order valence-corrected chi connectivity index (χ0v) is 8.62. The van der Waals surface area contributed by atoms with Gasteiger partial charge in [0.05, 0.1) is 5.69 Å². The Kier molecular flexibility index (Phi) is 1.83. The van der Waals surface area contributed by atoms with Crippen molar-refractivity contribution in [2.24, 2.45) is 0 Å². The predicted octanol–water partition coefficient (Wildman–Crippen LogP) is 1.63. The van der Waals surface area contributed by atoms with Gasteiger partial charge in [0.15, 0.2) is 11.3 Å². The summed E-state index contributed by atoms with van der Waals surface area (Å²) in [4.78, 5) is 8.44. The van der Waals surface area contributed by atoms with E-state index in [1.165, 1.54) is 19.3 Å². The fourth-order valence-electron chi connectivity index (χ4n) is 1.80. The number of aromatic amines is 1. The molecule has 0 spiro atoms. The highest BCUT2D eigenvalue weighted by Crippen LogP contribution is 2.25. The van der Waals surface area contributed by atoms with Gasteiger partial charge >= 0.3 is 0 Å². The van der Waals surface area contributed by atoms with Crippen LogP contribution in [0.5, 0.6) is 0 Å². The molecule has 1 aliphatic rings. The van der Waals surface area contributed by atoms with Crippen molar-refractivity contribution in [3.63, 3.8) is 0 Å². The van der Waals surface area contributed by atoms with Gasteiger partial charge in [-0.1, -0.05) is 0 Å². The first-order valence-electron chi connectivity index (χ1n) is 5.27. The van der Waals surface area contributed by atoms with Crippen LogP contribution in [0.3, 0.4) is 0 Å². The highest BCUT2D eigenvalue weighted by molar-refractivity contribution is 5.86. The highest BCUT2D eigenvalue weighted by Gasteiger charge is 2.19. The molecule has 3 rings (SSSR count). The standard InChI is InChI=1S/C10H13N5/c1-6-8-9(15-14-6)10(12-5-11-8)13-7-3-2-4-7/h5,7H,2-4H2,1H3,(H,14,15)(H,11,12,13). The summed E-state index contributed by atoms with van der Waals surface area (Å²) in [6, 6.07) is 0.570. The Morgan fingerprint density at radius 3 is 2.93 bits per heavy atom. The maximum absolute atomic E-state index is 4.24. The fourth-order valence-corrected chi connectivity index (χ4v) is 1.80. The molecule has 0 aliphatic heterocycles. The number of nitrogens with zero attached hydrogens (tertiary/aromatic N) is 3. The van der Waals surface area contributed by atoms with E-state index in [4.69, 9.17) is 0 Å². The van der Waals surface area contributed by atoms with Crippen molar-refractivity contribution >= 4 is 16.9 Å². The van der Waals surface area contributed by atoms with E-state index in [0.717, 1.165) is 22.5 Å². The van der Waals surface area contributed by atoms with Crippen molar-refractivity contribution in [2.75, 3.05) is 5.32 Å². The molecule has 0 amide bonds. The van der Waals surface area contributed by atoms with Gasteiger partial charge in [0.1, 0.15) is 11.8 Å². The SMILES string of the molecule is Cc1[nH]nc2c(NC3CCC3)ncnc12. The summed E-state index contributed by atoms with van der Waals surface area (Å²) in [6.07, 6.45) is 5.36. The molecule has 1 aliphatic carbocycles. The number of rotatable bonds is 2. The van der Waals surface area contributed by atoms with Crippen molar-refractivity contribution in [3.8, 4) is 0 Å². The van der Waals surface area contributed by atoms with Gasteiger partial charge in [0, 0.05) is 6.04 Å². The first kappa shape index (κ1) is 8.64. The predicted molar refractivity (Wildman–Crippen MR) is 57.7 cm³/mol. The van der Waals surface area contributed by atoms with E-state index < -0.39 is 0 Å². The van der Waals surface area contributed by atoms with Crippen LogP contribution in [0.2, 0.25) is 0 Å². The topological polar surface area (TPSA) is 66.5 Å². The summed E-state index contributed by atoms with van der Waals surface area (Å²) in [5.41, 5.74) is 2.75. The minimum Gasteiger partial charge on any atom is -0.365 e. The molecule has 0 unspecified atom stereocenters. The molecule has 0 radical (unpaired) electrons. The normalized spacial score (nSPS) is 16.6. The molecule has 0 atom stereocenters. The van der Waals surface area contributed by atoms with E-state index in [1.54, 1.807) is 6.33 Å². The van der Waals surface area contributed by atoms with Crippen LogP contribution in [0.15, 0.2) is 6.33 Å². The van der Waals surface area contributed by atoms with Gasteiger partial charge in [-0.05, 0) is 26.2 Å². The Hall–Kier alpha value is -1.65. The minimum atomic E-state index is 0.570. The van der Waals surface area contributed by atoms with E-state index >= 15 is 0 Å². The van der Waals surface area contributed by atoms with Gasteiger partial charge in [-0.3, -0.25) is 5.10 Å². The molecule has 5 heteroatoms. The van der Waals surface area contributed by atoms with Gasteiger partial charge in [-0.25, -0.2) is 9.97 Å². The van der Waals surface area contributed by atoms with Crippen LogP contribution in [0, 0.1) is 6.92 Å². The quantitative estimate of drug-likeness (QED) is 0.778. The minimum absolute atomic E-state index is 0.570. The Morgan fingerprint density at radius 1 is 1.33 bits per heavy atom. The van der Waals surface area contributed by atoms with E-state index in [9.17, 15) is 0 Å². The first-order chi connectivity index (χ1) is 7.34. The number of anilines is 1. The van der Waals surface area contributed by atoms with Crippen LogP contribution in [0.4, 0.5) is 5.82 Å². The third-order valence-electron chi connectivity index (χ3n) is 2.96. The largest absolute Gasteiger partial charge is 0.365 e. The van der Waals surface area contributed by atoms with Crippen molar-refractivity contribution in [2.45, 2.75) is 32.2 Å². The zero-order valence-electron chi connectivity index (χ0n) is 8.62. The van der Waals surface area contributed by atoms with Gasteiger partial charge in [0.25, 0.3) is 0 Å². The second-order valence-corrected chi connectivity index (χ2v) is 4.04. The lowest BCUT2D eigenvalue weighted by molar-refractivity contribution is 0.444. The van der Waals surface area contributed by atoms with Crippen molar-refractivity contribution in [1.82, 2.24) is 20.2 Å². The number of H-pyrrole nitrogens is 1. The van der Waals surface area contributed by atoms with Crippen LogP contribution >= 0.6 is 0 Å². The van der Waals surface area contributed by atoms with E-state index in [-0.39, 0.29) is 0 Å². The third kappa shape index (κ3) is 1.35. The maximum atomic E-state index is 4.24. The van der Waals surface area contributed by atoms with Gasteiger partial charge in [0.2, 0.25) is 0 Å². The van der Waals surface area contributed by atoms with Crippen LogP contribution in [0.25, 0.3) is 11.0 Å². The Balaban J connectivity index is 2.01. The van der Waals surface area contributed by atoms with Crippen LogP contribution in [0.1, 0.15) is 25.0 Å². The lowest BCUT2D eigenvalue weighted by Gasteiger charge is -2.26.